The van der Waals surface area contributed by atoms with Gasteiger partial charge in [-0.3, -0.25) is 0 Å². The Labute approximate surface area is 148 Å². The van der Waals surface area contributed by atoms with E-state index in [9.17, 15) is 0 Å². The van der Waals surface area contributed by atoms with Crippen molar-refractivity contribution in [3.63, 3.8) is 0 Å². The van der Waals surface area contributed by atoms with E-state index < -0.39 is 0 Å². The van der Waals surface area contributed by atoms with E-state index in [2.05, 4.69) is 94.7 Å². The number of H-pyrrole nitrogens is 1. The van der Waals surface area contributed by atoms with E-state index in [0.717, 1.165) is 4.47 Å². The average Bonchev–Trinajstić information content (AvgIpc) is 2.98. The molecule has 0 spiro atoms. The van der Waals surface area contributed by atoms with Gasteiger partial charge in [0.1, 0.15) is 0 Å². The highest BCUT2D eigenvalue weighted by molar-refractivity contribution is 9.10. The number of benzene rings is 3. The third-order valence-corrected chi connectivity index (χ3v) is 5.77. The molecule has 1 nitrogen and oxygen atoms in total. The molecular formula is C20H16BrNS. The fraction of sp³-hybridized carbons (Fsp3) is 0.100. The maximum Gasteiger partial charge on any atom is 0.0458 e. The molecule has 0 radical (unpaired) electrons. The lowest BCUT2D eigenvalue weighted by Gasteiger charge is -2.11. The maximum absolute atomic E-state index is 3.57. The summed E-state index contributed by atoms with van der Waals surface area (Å²) >= 11 is 5.48. The SMILES string of the molecule is CC(Sc1ccc2ccccc2c1)c1c[nH]c2ccc(Br)cc12. The first-order valence-electron chi connectivity index (χ1n) is 7.63. The number of rotatable bonds is 3. The quantitative estimate of drug-likeness (QED) is 0.380. The summed E-state index contributed by atoms with van der Waals surface area (Å²) in [6, 6.07) is 21.6. The van der Waals surface area contributed by atoms with Gasteiger partial charge in [0.2, 0.25) is 0 Å². The smallest absolute Gasteiger partial charge is 0.0458 e. The molecule has 1 unspecified atom stereocenters. The minimum atomic E-state index is 0.388. The Morgan fingerprint density at radius 1 is 0.957 bits per heavy atom. The standard InChI is InChI=1S/C20H16BrNS/c1-13(19-12-22-20-9-7-16(21)11-18(19)20)23-17-8-6-14-4-2-3-5-15(14)10-17/h2-13,22H,1H3. The van der Waals surface area contributed by atoms with E-state index in [0.29, 0.717) is 5.25 Å². The average molecular weight is 382 g/mol. The van der Waals surface area contributed by atoms with Crippen LogP contribution in [0, 0.1) is 0 Å². The molecule has 1 N–H and O–H groups in total. The van der Waals surface area contributed by atoms with Crippen molar-refractivity contribution < 1.29 is 0 Å². The molecule has 4 aromatic rings. The van der Waals surface area contributed by atoms with Gasteiger partial charge in [0.15, 0.2) is 0 Å². The van der Waals surface area contributed by atoms with E-state index in [1.807, 2.05) is 11.8 Å². The monoisotopic (exact) mass is 381 g/mol. The molecule has 3 heteroatoms. The zero-order chi connectivity index (χ0) is 15.8. The van der Waals surface area contributed by atoms with Crippen molar-refractivity contribution in [3.05, 3.63) is 76.9 Å². The van der Waals surface area contributed by atoms with Gasteiger partial charge in [-0.15, -0.1) is 11.8 Å². The maximum atomic E-state index is 3.57. The lowest BCUT2D eigenvalue weighted by Crippen LogP contribution is -1.87. The molecule has 1 atom stereocenters. The number of hydrogen-bond donors (Lipinski definition) is 1. The van der Waals surface area contributed by atoms with Crippen LogP contribution >= 0.6 is 27.7 Å². The van der Waals surface area contributed by atoms with Gasteiger partial charge >= 0.3 is 0 Å². The molecule has 0 aliphatic rings. The van der Waals surface area contributed by atoms with Gasteiger partial charge < -0.3 is 4.98 Å². The van der Waals surface area contributed by atoms with Gasteiger partial charge in [-0.05, 0) is 53.6 Å². The molecule has 0 fully saturated rings. The Hall–Kier alpha value is -1.71. The molecule has 0 saturated heterocycles. The summed E-state index contributed by atoms with van der Waals surface area (Å²) < 4.78 is 1.12. The van der Waals surface area contributed by atoms with E-state index in [-0.39, 0.29) is 0 Å². The molecule has 114 valence electrons. The summed E-state index contributed by atoms with van der Waals surface area (Å²) in [5, 5.41) is 4.27. The number of thioether (sulfide) groups is 1. The Kier molecular flexibility index (Phi) is 3.92. The van der Waals surface area contributed by atoms with Gasteiger partial charge in [-0.1, -0.05) is 46.3 Å². The zero-order valence-electron chi connectivity index (χ0n) is 12.7. The number of aromatic nitrogens is 1. The van der Waals surface area contributed by atoms with Crippen LogP contribution in [0.2, 0.25) is 0 Å². The highest BCUT2D eigenvalue weighted by Gasteiger charge is 2.13. The number of aromatic amines is 1. The normalized spacial score (nSPS) is 12.8. The third-order valence-electron chi connectivity index (χ3n) is 4.15. The lowest BCUT2D eigenvalue weighted by atomic mass is 10.1. The number of hydrogen-bond acceptors (Lipinski definition) is 1. The molecule has 0 bridgehead atoms. The molecule has 0 aliphatic heterocycles. The van der Waals surface area contributed by atoms with Crippen LogP contribution in [-0.4, -0.2) is 4.98 Å². The van der Waals surface area contributed by atoms with Crippen molar-refractivity contribution in [1.29, 1.82) is 0 Å². The van der Waals surface area contributed by atoms with Gasteiger partial charge in [0, 0.05) is 31.7 Å². The van der Waals surface area contributed by atoms with Crippen LogP contribution in [0.3, 0.4) is 0 Å². The van der Waals surface area contributed by atoms with E-state index in [1.54, 1.807) is 0 Å². The minimum Gasteiger partial charge on any atom is -0.361 e. The molecule has 4 rings (SSSR count). The predicted molar refractivity (Wildman–Crippen MR) is 104 cm³/mol. The van der Waals surface area contributed by atoms with Gasteiger partial charge in [-0.25, -0.2) is 0 Å². The molecule has 0 amide bonds. The van der Waals surface area contributed by atoms with Crippen LogP contribution < -0.4 is 0 Å². The fourth-order valence-corrected chi connectivity index (χ4v) is 4.39. The Morgan fingerprint density at radius 2 is 1.78 bits per heavy atom. The van der Waals surface area contributed by atoms with Crippen LogP contribution in [0.15, 0.2) is 76.2 Å². The second-order valence-corrected chi connectivity index (χ2v) is 8.03. The van der Waals surface area contributed by atoms with E-state index in [4.69, 9.17) is 0 Å². The predicted octanol–water partition coefficient (Wildman–Crippen LogP) is 6.94. The highest BCUT2D eigenvalue weighted by atomic mass is 79.9. The minimum absolute atomic E-state index is 0.388. The van der Waals surface area contributed by atoms with Gasteiger partial charge in [0.25, 0.3) is 0 Å². The fourth-order valence-electron chi connectivity index (χ4n) is 2.96. The van der Waals surface area contributed by atoms with Crippen molar-refractivity contribution in [2.45, 2.75) is 17.1 Å². The summed E-state index contributed by atoms with van der Waals surface area (Å²) in [6.07, 6.45) is 2.13. The van der Waals surface area contributed by atoms with Crippen LogP contribution in [0.5, 0.6) is 0 Å². The molecule has 0 saturated carbocycles. The van der Waals surface area contributed by atoms with Gasteiger partial charge in [-0.2, -0.15) is 0 Å². The second kappa shape index (κ2) is 6.06. The summed E-state index contributed by atoms with van der Waals surface area (Å²) in [5.41, 5.74) is 2.54. The van der Waals surface area contributed by atoms with Gasteiger partial charge in [0.05, 0.1) is 0 Å². The lowest BCUT2D eigenvalue weighted by molar-refractivity contribution is 1.11. The Morgan fingerprint density at radius 3 is 2.65 bits per heavy atom. The van der Waals surface area contributed by atoms with Crippen molar-refractivity contribution in [2.24, 2.45) is 0 Å². The molecule has 3 aromatic carbocycles. The number of nitrogens with one attached hydrogen (secondary N) is 1. The first kappa shape index (κ1) is 14.9. The first-order valence-corrected chi connectivity index (χ1v) is 9.30. The first-order chi connectivity index (χ1) is 11.2. The summed E-state index contributed by atoms with van der Waals surface area (Å²) in [4.78, 5) is 4.68. The Bertz CT molecular complexity index is 989. The second-order valence-electron chi connectivity index (χ2n) is 5.70. The summed E-state index contributed by atoms with van der Waals surface area (Å²) in [7, 11) is 0. The third kappa shape index (κ3) is 2.91. The molecule has 0 aliphatic carbocycles. The van der Waals surface area contributed by atoms with Crippen molar-refractivity contribution >= 4 is 49.4 Å². The summed E-state index contributed by atoms with van der Waals surface area (Å²) in [6.45, 7) is 2.27. The van der Waals surface area contributed by atoms with Crippen molar-refractivity contribution in [2.75, 3.05) is 0 Å². The molecule has 23 heavy (non-hydrogen) atoms. The summed E-state index contributed by atoms with van der Waals surface area (Å²) in [5.74, 6) is 0. The van der Waals surface area contributed by atoms with Crippen LogP contribution in [-0.2, 0) is 0 Å². The van der Waals surface area contributed by atoms with Crippen molar-refractivity contribution in [1.82, 2.24) is 4.98 Å². The van der Waals surface area contributed by atoms with Crippen molar-refractivity contribution in [3.8, 4) is 0 Å². The molecular weight excluding hydrogens is 366 g/mol. The van der Waals surface area contributed by atoms with Crippen LogP contribution in [0.4, 0.5) is 0 Å². The van der Waals surface area contributed by atoms with Crippen LogP contribution in [0.1, 0.15) is 17.7 Å². The van der Waals surface area contributed by atoms with E-state index >= 15 is 0 Å². The Balaban J connectivity index is 1.67. The zero-order valence-corrected chi connectivity index (χ0v) is 15.1. The topological polar surface area (TPSA) is 15.8 Å². The molecule has 1 aromatic heterocycles. The van der Waals surface area contributed by atoms with Crippen LogP contribution in [0.25, 0.3) is 21.7 Å². The largest absolute Gasteiger partial charge is 0.361 e. The number of halogens is 1. The van der Waals surface area contributed by atoms with E-state index in [1.165, 1.54) is 32.1 Å². The highest BCUT2D eigenvalue weighted by Crippen LogP contribution is 2.39. The molecule has 1 heterocycles. The number of fused-ring (bicyclic) bond motifs is 2.